The van der Waals surface area contributed by atoms with Gasteiger partial charge in [-0.15, -0.1) is 0 Å². The second-order valence-corrected chi connectivity index (χ2v) is 8.92. The predicted molar refractivity (Wildman–Crippen MR) is 141 cm³/mol. The van der Waals surface area contributed by atoms with Gasteiger partial charge in [0.1, 0.15) is 11.2 Å². The number of hydrogen-bond donors (Lipinski definition) is 2. The minimum absolute atomic E-state index is 0.135. The van der Waals surface area contributed by atoms with Crippen LogP contribution in [-0.2, 0) is 19.7 Å². The van der Waals surface area contributed by atoms with Crippen molar-refractivity contribution in [1.29, 1.82) is 0 Å². The molecule has 0 aromatic heterocycles. The van der Waals surface area contributed by atoms with Crippen molar-refractivity contribution in [3.63, 3.8) is 0 Å². The molecule has 3 aromatic carbocycles. The molecule has 7 nitrogen and oxygen atoms in total. The summed E-state index contributed by atoms with van der Waals surface area (Å²) >= 11 is 0. The molecule has 192 valence electrons. The van der Waals surface area contributed by atoms with E-state index in [1.807, 2.05) is 54.6 Å². The molecule has 0 spiro atoms. The van der Waals surface area contributed by atoms with E-state index in [2.05, 4.69) is 10.6 Å². The Morgan fingerprint density at radius 2 is 1.57 bits per heavy atom. The van der Waals surface area contributed by atoms with Gasteiger partial charge in [-0.05, 0) is 48.6 Å². The van der Waals surface area contributed by atoms with Crippen molar-refractivity contribution in [1.82, 2.24) is 10.6 Å². The van der Waals surface area contributed by atoms with Crippen LogP contribution in [0.2, 0.25) is 0 Å². The van der Waals surface area contributed by atoms with Gasteiger partial charge in [-0.1, -0.05) is 66.7 Å². The number of rotatable bonds is 9. The van der Waals surface area contributed by atoms with E-state index in [0.29, 0.717) is 24.2 Å². The standard InChI is InChI=1S/C30H32N2O5/c1-3-37-29(35)30(21-11-5-4-6-12-21)18-17-23(22-13-7-9-15-25(22)30)27(33)31-19-20-32-28(34)24-14-8-10-16-26(24)36-2/h4-16,23H,3,17-20H2,1-2H3,(H,31,33)(H,32,34)/t23-,30+/m1/s1. The van der Waals surface area contributed by atoms with E-state index < -0.39 is 11.3 Å². The number of amides is 2. The van der Waals surface area contributed by atoms with Crippen molar-refractivity contribution in [2.24, 2.45) is 0 Å². The Morgan fingerprint density at radius 3 is 2.32 bits per heavy atom. The van der Waals surface area contributed by atoms with Crippen molar-refractivity contribution >= 4 is 17.8 Å². The van der Waals surface area contributed by atoms with Crippen LogP contribution in [0.25, 0.3) is 0 Å². The minimum atomic E-state index is -0.965. The Labute approximate surface area is 217 Å². The molecule has 0 fully saturated rings. The average Bonchev–Trinajstić information content (AvgIpc) is 2.95. The average molecular weight is 501 g/mol. The molecule has 0 saturated carbocycles. The Balaban J connectivity index is 1.49. The number of carbonyl (C=O) groups excluding carboxylic acids is 3. The van der Waals surface area contributed by atoms with Crippen LogP contribution >= 0.6 is 0 Å². The molecule has 7 heteroatoms. The third-order valence-electron chi connectivity index (χ3n) is 6.87. The lowest BCUT2D eigenvalue weighted by Gasteiger charge is -2.40. The van der Waals surface area contributed by atoms with Gasteiger partial charge in [-0.3, -0.25) is 14.4 Å². The maximum absolute atomic E-state index is 13.4. The number of methoxy groups -OCH3 is 1. The van der Waals surface area contributed by atoms with E-state index in [1.165, 1.54) is 7.11 Å². The number of para-hydroxylation sites is 1. The van der Waals surface area contributed by atoms with Crippen molar-refractivity contribution in [2.45, 2.75) is 31.1 Å². The van der Waals surface area contributed by atoms with E-state index in [0.717, 1.165) is 16.7 Å². The van der Waals surface area contributed by atoms with Gasteiger partial charge in [0, 0.05) is 13.1 Å². The number of nitrogens with one attached hydrogen (secondary N) is 2. The highest BCUT2D eigenvalue weighted by Gasteiger charge is 2.49. The number of ether oxygens (including phenoxy) is 2. The first-order valence-corrected chi connectivity index (χ1v) is 12.5. The Kier molecular flexibility index (Phi) is 8.23. The lowest BCUT2D eigenvalue weighted by molar-refractivity contribution is -0.149. The van der Waals surface area contributed by atoms with Crippen molar-refractivity contribution in [3.8, 4) is 5.75 Å². The number of benzene rings is 3. The van der Waals surface area contributed by atoms with Crippen LogP contribution in [-0.4, -0.2) is 44.6 Å². The molecule has 0 heterocycles. The molecule has 0 bridgehead atoms. The number of esters is 1. The summed E-state index contributed by atoms with van der Waals surface area (Å²) < 4.78 is 10.8. The zero-order valence-electron chi connectivity index (χ0n) is 21.2. The Hall–Kier alpha value is -4.13. The van der Waals surface area contributed by atoms with Gasteiger partial charge in [-0.25, -0.2) is 0 Å². The lowest BCUT2D eigenvalue weighted by atomic mass is 9.63. The molecule has 2 amide bonds. The van der Waals surface area contributed by atoms with Crippen LogP contribution < -0.4 is 15.4 Å². The third kappa shape index (κ3) is 5.21. The zero-order chi connectivity index (χ0) is 26.3. The fourth-order valence-electron chi connectivity index (χ4n) is 5.13. The SMILES string of the molecule is CCOC(=O)[C@]1(c2ccccc2)CC[C@@H](C(=O)NCCNC(=O)c2ccccc2OC)c2ccccc21. The maximum atomic E-state index is 13.4. The summed E-state index contributed by atoms with van der Waals surface area (Å²) in [5.41, 5.74) is 1.96. The van der Waals surface area contributed by atoms with Crippen LogP contribution in [0.3, 0.4) is 0 Å². The summed E-state index contributed by atoms with van der Waals surface area (Å²) in [5.74, 6) is -0.619. The van der Waals surface area contributed by atoms with Gasteiger partial charge < -0.3 is 20.1 Å². The van der Waals surface area contributed by atoms with E-state index in [1.54, 1.807) is 31.2 Å². The highest BCUT2D eigenvalue weighted by Crippen LogP contribution is 2.47. The van der Waals surface area contributed by atoms with E-state index >= 15 is 0 Å². The van der Waals surface area contributed by atoms with Gasteiger partial charge in [0.05, 0.1) is 25.2 Å². The summed E-state index contributed by atoms with van der Waals surface area (Å²) in [6.07, 6.45) is 0.944. The maximum Gasteiger partial charge on any atom is 0.321 e. The van der Waals surface area contributed by atoms with Crippen molar-refractivity contribution in [3.05, 3.63) is 101 Å². The summed E-state index contributed by atoms with van der Waals surface area (Å²) in [5, 5.41) is 5.77. The Bertz CT molecular complexity index is 1260. The number of hydrogen-bond acceptors (Lipinski definition) is 5. The van der Waals surface area contributed by atoms with E-state index in [4.69, 9.17) is 9.47 Å². The summed E-state index contributed by atoms with van der Waals surface area (Å²) in [6, 6.07) is 24.2. The normalized spacial score (nSPS) is 18.3. The van der Waals surface area contributed by atoms with Crippen LogP contribution in [0.4, 0.5) is 0 Å². The molecular formula is C30H32N2O5. The monoisotopic (exact) mass is 500 g/mol. The Morgan fingerprint density at radius 1 is 0.892 bits per heavy atom. The molecule has 2 N–H and O–H groups in total. The zero-order valence-corrected chi connectivity index (χ0v) is 21.2. The third-order valence-corrected chi connectivity index (χ3v) is 6.87. The number of fused-ring (bicyclic) bond motifs is 1. The second-order valence-electron chi connectivity index (χ2n) is 8.92. The van der Waals surface area contributed by atoms with Crippen molar-refractivity contribution < 1.29 is 23.9 Å². The molecule has 37 heavy (non-hydrogen) atoms. The first kappa shape index (κ1) is 25.9. The number of carbonyl (C=O) groups is 3. The summed E-state index contributed by atoms with van der Waals surface area (Å²) in [7, 11) is 1.52. The van der Waals surface area contributed by atoms with Gasteiger partial charge in [0.25, 0.3) is 5.91 Å². The van der Waals surface area contributed by atoms with Crippen LogP contribution in [0.1, 0.15) is 52.7 Å². The quantitative estimate of drug-likeness (QED) is 0.343. The van der Waals surface area contributed by atoms with E-state index in [-0.39, 0.29) is 37.5 Å². The van der Waals surface area contributed by atoms with Crippen molar-refractivity contribution in [2.75, 3.05) is 26.8 Å². The molecule has 0 unspecified atom stereocenters. The van der Waals surface area contributed by atoms with Gasteiger partial charge in [-0.2, -0.15) is 0 Å². The summed E-state index contributed by atoms with van der Waals surface area (Å²) in [4.78, 5) is 39.2. The first-order valence-electron chi connectivity index (χ1n) is 12.5. The molecule has 1 aliphatic carbocycles. The smallest absolute Gasteiger partial charge is 0.321 e. The molecule has 2 atom stereocenters. The second kappa shape index (κ2) is 11.7. The fourth-order valence-corrected chi connectivity index (χ4v) is 5.13. The minimum Gasteiger partial charge on any atom is -0.496 e. The fraction of sp³-hybridized carbons (Fsp3) is 0.300. The molecule has 4 rings (SSSR count). The highest BCUT2D eigenvalue weighted by molar-refractivity contribution is 5.97. The first-order chi connectivity index (χ1) is 18.0. The molecule has 0 radical (unpaired) electrons. The van der Waals surface area contributed by atoms with Gasteiger partial charge in [0.15, 0.2) is 0 Å². The van der Waals surface area contributed by atoms with Crippen LogP contribution in [0, 0.1) is 0 Å². The van der Waals surface area contributed by atoms with E-state index in [9.17, 15) is 14.4 Å². The lowest BCUT2D eigenvalue weighted by Crippen LogP contribution is -2.45. The molecule has 1 aliphatic rings. The molecule has 0 saturated heterocycles. The summed E-state index contributed by atoms with van der Waals surface area (Å²) in [6.45, 7) is 2.63. The van der Waals surface area contributed by atoms with Crippen LogP contribution in [0.5, 0.6) is 5.75 Å². The predicted octanol–water partition coefficient (Wildman–Crippen LogP) is 3.97. The topological polar surface area (TPSA) is 93.7 Å². The van der Waals surface area contributed by atoms with Gasteiger partial charge >= 0.3 is 5.97 Å². The van der Waals surface area contributed by atoms with Gasteiger partial charge in [0.2, 0.25) is 5.91 Å². The molecule has 0 aliphatic heterocycles. The highest BCUT2D eigenvalue weighted by atomic mass is 16.5. The molecule has 3 aromatic rings. The largest absolute Gasteiger partial charge is 0.496 e. The molecular weight excluding hydrogens is 468 g/mol. The van der Waals surface area contributed by atoms with Crippen LogP contribution in [0.15, 0.2) is 78.9 Å².